The molecular weight excluding hydrogens is 330 g/mol. The van der Waals surface area contributed by atoms with E-state index in [0.717, 1.165) is 56.3 Å². The summed E-state index contributed by atoms with van der Waals surface area (Å²) in [6.45, 7) is 7.10. The average molecular weight is 363 g/mol. The first-order valence-electron chi connectivity index (χ1n) is 10.5. The summed E-state index contributed by atoms with van der Waals surface area (Å²) in [5.41, 5.74) is -0.599. The Morgan fingerprint density at radius 2 is 1.69 bits per heavy atom. The Morgan fingerprint density at radius 3 is 2.23 bits per heavy atom. The van der Waals surface area contributed by atoms with Crippen LogP contribution < -0.4 is 0 Å². The Bertz CT molecular complexity index is 559. The lowest BCUT2D eigenvalue weighted by Gasteiger charge is -2.38. The molecule has 4 bridgehead atoms. The summed E-state index contributed by atoms with van der Waals surface area (Å²) in [6, 6.07) is 0. The minimum Gasteiger partial charge on any atom is -0.462 e. The number of rotatable bonds is 4. The van der Waals surface area contributed by atoms with Gasteiger partial charge < -0.3 is 14.4 Å². The topological polar surface area (TPSA) is 55.8 Å². The lowest BCUT2D eigenvalue weighted by Crippen LogP contribution is -2.45. The number of carbonyl (C=O) groups excluding carboxylic acids is 2. The molecule has 5 rings (SSSR count). The van der Waals surface area contributed by atoms with Crippen LogP contribution in [0.4, 0.5) is 4.79 Å². The second kappa shape index (κ2) is 6.42. The molecule has 0 spiro atoms. The summed E-state index contributed by atoms with van der Waals surface area (Å²) in [6.07, 6.45) is 7.80. The van der Waals surface area contributed by atoms with Crippen LogP contribution in [-0.2, 0) is 14.3 Å². The van der Waals surface area contributed by atoms with E-state index in [2.05, 4.69) is 0 Å². The number of piperidine rings is 1. The minimum absolute atomic E-state index is 0.0441. The molecule has 1 heterocycles. The molecule has 146 valence electrons. The van der Waals surface area contributed by atoms with Gasteiger partial charge >= 0.3 is 12.1 Å². The lowest BCUT2D eigenvalue weighted by molar-refractivity contribution is -0.166. The first-order chi connectivity index (χ1) is 12.3. The average Bonchev–Trinajstić information content (AvgIpc) is 3.02. The quantitative estimate of drug-likeness (QED) is 0.704. The predicted molar refractivity (Wildman–Crippen MR) is 97.5 cm³/mol. The molecule has 1 saturated heterocycles. The third kappa shape index (κ3) is 3.22. The number of nitrogens with zero attached hydrogens (tertiary/aromatic N) is 1. The van der Waals surface area contributed by atoms with E-state index < -0.39 is 5.60 Å². The molecular formula is C21H33NO4. The summed E-state index contributed by atoms with van der Waals surface area (Å²) < 4.78 is 11.5. The van der Waals surface area contributed by atoms with Crippen LogP contribution in [0.15, 0.2) is 0 Å². The zero-order valence-corrected chi connectivity index (χ0v) is 16.5. The first-order valence-corrected chi connectivity index (χ1v) is 10.5. The molecule has 4 saturated carbocycles. The Balaban J connectivity index is 1.27. The Hall–Kier alpha value is -1.26. The lowest BCUT2D eigenvalue weighted by atomic mass is 9.69. The van der Waals surface area contributed by atoms with Gasteiger partial charge in [0.05, 0.1) is 5.41 Å². The van der Waals surface area contributed by atoms with E-state index in [1.54, 1.807) is 4.90 Å². The van der Waals surface area contributed by atoms with E-state index >= 15 is 0 Å². The van der Waals surface area contributed by atoms with E-state index in [1.165, 1.54) is 12.8 Å². The number of esters is 1. The maximum absolute atomic E-state index is 12.9. The summed E-state index contributed by atoms with van der Waals surface area (Å²) in [5.74, 6) is 2.38. The fraction of sp³-hybridized carbons (Fsp3) is 0.905. The van der Waals surface area contributed by atoms with Gasteiger partial charge in [-0.05, 0) is 70.1 Å². The van der Waals surface area contributed by atoms with Crippen LogP contribution in [0.5, 0.6) is 0 Å². The fourth-order valence-electron chi connectivity index (χ4n) is 5.87. The highest BCUT2D eigenvalue weighted by molar-refractivity contribution is 5.78. The van der Waals surface area contributed by atoms with E-state index in [-0.39, 0.29) is 23.6 Å². The number of likely N-dealkylation sites (tertiary alicyclic amines) is 1. The third-order valence-corrected chi connectivity index (χ3v) is 7.55. The Labute approximate surface area is 156 Å². The maximum Gasteiger partial charge on any atom is 0.410 e. The second-order valence-electron chi connectivity index (χ2n) is 9.82. The van der Waals surface area contributed by atoms with Crippen molar-refractivity contribution >= 4 is 12.1 Å². The van der Waals surface area contributed by atoms with Gasteiger partial charge in [0.25, 0.3) is 0 Å². The smallest absolute Gasteiger partial charge is 0.410 e. The van der Waals surface area contributed by atoms with Crippen LogP contribution in [-0.4, -0.2) is 41.8 Å². The van der Waals surface area contributed by atoms with Gasteiger partial charge in [0.2, 0.25) is 0 Å². The zero-order chi connectivity index (χ0) is 18.5. The van der Waals surface area contributed by atoms with Crippen LogP contribution in [0, 0.1) is 23.2 Å². The van der Waals surface area contributed by atoms with Gasteiger partial charge in [-0.1, -0.05) is 6.92 Å². The maximum atomic E-state index is 12.9. The van der Waals surface area contributed by atoms with Crippen molar-refractivity contribution in [3.05, 3.63) is 0 Å². The van der Waals surface area contributed by atoms with Crippen LogP contribution in [0.25, 0.3) is 0 Å². The largest absolute Gasteiger partial charge is 0.462 e. The fourth-order valence-corrected chi connectivity index (χ4v) is 5.87. The SMILES string of the molecule is CCC(C)(C)OC(=O)N1CCC(OC(=O)C23CC4CC(C2)C(C4)C3)CC1. The zero-order valence-electron chi connectivity index (χ0n) is 16.5. The van der Waals surface area contributed by atoms with Gasteiger partial charge in [0, 0.05) is 25.9 Å². The van der Waals surface area contributed by atoms with Gasteiger partial charge in [0.1, 0.15) is 11.7 Å². The van der Waals surface area contributed by atoms with Gasteiger partial charge in [-0.2, -0.15) is 0 Å². The van der Waals surface area contributed by atoms with Crippen molar-refractivity contribution < 1.29 is 19.1 Å². The molecule has 2 unspecified atom stereocenters. The van der Waals surface area contributed by atoms with E-state index in [9.17, 15) is 9.59 Å². The Morgan fingerprint density at radius 1 is 1.08 bits per heavy atom. The molecule has 4 aliphatic carbocycles. The normalized spacial score (nSPS) is 36.4. The highest BCUT2D eigenvalue weighted by atomic mass is 16.6. The van der Waals surface area contributed by atoms with Gasteiger partial charge in [-0.15, -0.1) is 0 Å². The minimum atomic E-state index is -0.430. The third-order valence-electron chi connectivity index (χ3n) is 7.55. The molecule has 0 N–H and O–H groups in total. The van der Waals surface area contributed by atoms with Crippen molar-refractivity contribution in [2.24, 2.45) is 23.2 Å². The standard InChI is InChI=1S/C21H33NO4/c1-4-20(2,3)26-19(24)22-7-5-17(6-8-22)25-18(23)21-11-14-9-15(12-21)16(10-14)13-21/h14-17H,4-13H2,1-3H3. The number of hydrogen-bond donors (Lipinski definition) is 0. The van der Waals surface area contributed by atoms with Gasteiger partial charge in [0.15, 0.2) is 0 Å². The van der Waals surface area contributed by atoms with Crippen molar-refractivity contribution in [2.75, 3.05) is 13.1 Å². The second-order valence-corrected chi connectivity index (χ2v) is 9.82. The molecule has 5 fully saturated rings. The number of hydrogen-bond acceptors (Lipinski definition) is 4. The molecule has 0 aromatic heterocycles. The van der Waals surface area contributed by atoms with Crippen molar-refractivity contribution in [2.45, 2.75) is 83.8 Å². The molecule has 5 aliphatic rings. The van der Waals surface area contributed by atoms with Crippen molar-refractivity contribution in [3.63, 3.8) is 0 Å². The van der Waals surface area contributed by atoms with Crippen LogP contribution in [0.2, 0.25) is 0 Å². The molecule has 5 nitrogen and oxygen atoms in total. The van der Waals surface area contributed by atoms with Crippen molar-refractivity contribution in [1.29, 1.82) is 0 Å². The molecule has 26 heavy (non-hydrogen) atoms. The van der Waals surface area contributed by atoms with Crippen molar-refractivity contribution in [1.82, 2.24) is 4.90 Å². The summed E-state index contributed by atoms with van der Waals surface area (Å²) in [5, 5.41) is 0. The summed E-state index contributed by atoms with van der Waals surface area (Å²) in [4.78, 5) is 27.0. The highest BCUT2D eigenvalue weighted by Crippen LogP contribution is 2.64. The highest BCUT2D eigenvalue weighted by Gasteiger charge is 2.60. The van der Waals surface area contributed by atoms with E-state index in [0.29, 0.717) is 13.1 Å². The predicted octanol–water partition coefficient (Wildman–Crippen LogP) is 4.15. The molecule has 2 atom stereocenters. The van der Waals surface area contributed by atoms with Gasteiger partial charge in [-0.25, -0.2) is 4.79 Å². The first kappa shape index (κ1) is 18.1. The molecule has 0 aromatic carbocycles. The Kier molecular flexibility index (Phi) is 4.47. The number of ether oxygens (including phenoxy) is 2. The molecule has 1 aliphatic heterocycles. The van der Waals surface area contributed by atoms with Crippen LogP contribution in [0.3, 0.4) is 0 Å². The molecule has 5 heteroatoms. The molecule has 0 radical (unpaired) electrons. The monoisotopic (exact) mass is 363 g/mol. The van der Waals surface area contributed by atoms with E-state index in [4.69, 9.17) is 9.47 Å². The number of amides is 1. The molecule has 0 aromatic rings. The van der Waals surface area contributed by atoms with Crippen molar-refractivity contribution in [3.8, 4) is 0 Å². The van der Waals surface area contributed by atoms with Crippen LogP contribution >= 0.6 is 0 Å². The molecule has 1 amide bonds. The number of carbonyl (C=O) groups is 2. The van der Waals surface area contributed by atoms with Crippen LogP contribution in [0.1, 0.15) is 72.1 Å². The summed E-state index contributed by atoms with van der Waals surface area (Å²) in [7, 11) is 0. The van der Waals surface area contributed by atoms with Gasteiger partial charge in [-0.3, -0.25) is 4.79 Å². The summed E-state index contributed by atoms with van der Waals surface area (Å²) >= 11 is 0. The van der Waals surface area contributed by atoms with E-state index in [1.807, 2.05) is 20.8 Å².